The van der Waals surface area contributed by atoms with Crippen molar-refractivity contribution in [1.29, 1.82) is 0 Å². The van der Waals surface area contributed by atoms with E-state index in [0.29, 0.717) is 23.4 Å². The van der Waals surface area contributed by atoms with Crippen LogP contribution in [0.4, 0.5) is 10.2 Å². The molecule has 4 aromatic rings. The summed E-state index contributed by atoms with van der Waals surface area (Å²) in [6.45, 7) is 9.29. The lowest BCUT2D eigenvalue weighted by molar-refractivity contribution is 0.239. The second kappa shape index (κ2) is 11.7. The fourth-order valence-electron chi connectivity index (χ4n) is 5.31. The van der Waals surface area contributed by atoms with Crippen LogP contribution in [0.2, 0.25) is 5.02 Å². The minimum absolute atomic E-state index is 0.0446. The summed E-state index contributed by atoms with van der Waals surface area (Å²) < 4.78 is 22.4. The third-order valence-corrected chi connectivity index (χ3v) is 7.66. The fourth-order valence-corrected chi connectivity index (χ4v) is 5.61. The standard InChI is InChI=1S/C30H34ClFN4O2/c1-3-35(4-2)13-10-16-38-30-33-28-24(29(34-30)36-14-8-5-9-15-36)19-25(31)26(27(28)32)23-18-21(37)17-20-11-6-7-12-22(20)23/h6-7,11-12,17-19,37H,3-5,8-10,13-16H2,1-2H3. The van der Waals surface area contributed by atoms with Crippen LogP contribution >= 0.6 is 11.6 Å². The molecule has 0 unspecified atom stereocenters. The van der Waals surface area contributed by atoms with Crippen LogP contribution in [0.3, 0.4) is 0 Å². The maximum atomic E-state index is 16.5. The maximum absolute atomic E-state index is 16.5. The average Bonchev–Trinajstić information content (AvgIpc) is 2.93. The summed E-state index contributed by atoms with van der Waals surface area (Å²) in [6.07, 6.45) is 4.09. The minimum atomic E-state index is -0.545. The van der Waals surface area contributed by atoms with Crippen molar-refractivity contribution in [3.8, 4) is 22.9 Å². The summed E-state index contributed by atoms with van der Waals surface area (Å²) in [6, 6.07) is 12.7. The van der Waals surface area contributed by atoms with Gasteiger partial charge >= 0.3 is 6.01 Å². The van der Waals surface area contributed by atoms with Crippen molar-refractivity contribution in [1.82, 2.24) is 14.9 Å². The number of benzene rings is 3. The highest BCUT2D eigenvalue weighted by atomic mass is 35.5. The van der Waals surface area contributed by atoms with Crippen LogP contribution < -0.4 is 9.64 Å². The molecule has 6 nitrogen and oxygen atoms in total. The van der Waals surface area contributed by atoms with Crippen LogP contribution in [-0.4, -0.2) is 59.3 Å². The van der Waals surface area contributed by atoms with Crippen molar-refractivity contribution >= 4 is 39.1 Å². The van der Waals surface area contributed by atoms with E-state index in [9.17, 15) is 5.11 Å². The number of halogens is 2. The highest BCUT2D eigenvalue weighted by Crippen LogP contribution is 2.42. The summed E-state index contributed by atoms with van der Waals surface area (Å²) in [5.41, 5.74) is 0.901. The molecule has 1 aromatic heterocycles. The monoisotopic (exact) mass is 536 g/mol. The fraction of sp³-hybridized carbons (Fsp3) is 0.400. The van der Waals surface area contributed by atoms with Crippen molar-refractivity contribution in [2.24, 2.45) is 0 Å². The van der Waals surface area contributed by atoms with Crippen LogP contribution in [0.1, 0.15) is 39.5 Å². The molecule has 38 heavy (non-hydrogen) atoms. The molecule has 0 saturated carbocycles. The zero-order chi connectivity index (χ0) is 26.6. The molecule has 1 fully saturated rings. The Labute approximate surface area is 228 Å². The van der Waals surface area contributed by atoms with Crippen LogP contribution in [0, 0.1) is 5.82 Å². The molecule has 0 atom stereocenters. The van der Waals surface area contributed by atoms with E-state index in [2.05, 4.69) is 28.6 Å². The van der Waals surface area contributed by atoms with E-state index in [1.807, 2.05) is 24.3 Å². The first-order valence-electron chi connectivity index (χ1n) is 13.5. The summed E-state index contributed by atoms with van der Waals surface area (Å²) in [5, 5.41) is 12.8. The van der Waals surface area contributed by atoms with E-state index >= 15 is 4.39 Å². The van der Waals surface area contributed by atoms with E-state index in [4.69, 9.17) is 21.3 Å². The lowest BCUT2D eigenvalue weighted by atomic mass is 9.96. The van der Waals surface area contributed by atoms with E-state index in [1.54, 1.807) is 18.2 Å². The van der Waals surface area contributed by atoms with Gasteiger partial charge in [0.2, 0.25) is 0 Å². The van der Waals surface area contributed by atoms with Crippen LogP contribution in [0.25, 0.3) is 32.8 Å². The molecular formula is C30H34ClFN4O2. The Bertz CT molecular complexity index is 1440. The molecule has 0 bridgehead atoms. The van der Waals surface area contributed by atoms with Gasteiger partial charge < -0.3 is 19.6 Å². The molecule has 0 amide bonds. The van der Waals surface area contributed by atoms with Crippen molar-refractivity contribution in [2.45, 2.75) is 39.5 Å². The summed E-state index contributed by atoms with van der Waals surface area (Å²) in [5.74, 6) is 0.154. The highest BCUT2D eigenvalue weighted by Gasteiger charge is 2.24. The predicted molar refractivity (Wildman–Crippen MR) is 153 cm³/mol. The van der Waals surface area contributed by atoms with E-state index in [-0.39, 0.29) is 27.9 Å². The lowest BCUT2D eigenvalue weighted by Crippen LogP contribution is -2.30. The Balaban J connectivity index is 1.61. The van der Waals surface area contributed by atoms with Crippen LogP contribution in [-0.2, 0) is 0 Å². The van der Waals surface area contributed by atoms with Crippen LogP contribution in [0.5, 0.6) is 11.8 Å². The zero-order valence-electron chi connectivity index (χ0n) is 22.0. The van der Waals surface area contributed by atoms with Crippen molar-refractivity contribution in [3.63, 3.8) is 0 Å². The number of piperidine rings is 1. The number of hydrogen-bond acceptors (Lipinski definition) is 6. The predicted octanol–water partition coefficient (Wildman–Crippen LogP) is 7.05. The van der Waals surface area contributed by atoms with Crippen LogP contribution in [0.15, 0.2) is 42.5 Å². The topological polar surface area (TPSA) is 61.7 Å². The van der Waals surface area contributed by atoms with Gasteiger partial charge in [-0.15, -0.1) is 0 Å². The third-order valence-electron chi connectivity index (χ3n) is 7.36. The Morgan fingerprint density at radius 1 is 1.03 bits per heavy atom. The molecule has 5 rings (SSSR count). The Morgan fingerprint density at radius 3 is 2.55 bits per heavy atom. The second-order valence-electron chi connectivity index (χ2n) is 9.76. The SMILES string of the molecule is CCN(CC)CCCOc1nc(N2CCCCC2)c2cc(Cl)c(-c3cc(O)cc4ccccc34)c(F)c2n1. The van der Waals surface area contributed by atoms with Crippen molar-refractivity contribution in [2.75, 3.05) is 44.2 Å². The highest BCUT2D eigenvalue weighted by molar-refractivity contribution is 6.35. The molecule has 1 aliphatic rings. The van der Waals surface area contributed by atoms with Gasteiger partial charge in [-0.3, -0.25) is 0 Å². The molecule has 0 aliphatic carbocycles. The number of fused-ring (bicyclic) bond motifs is 2. The number of rotatable bonds is 9. The van der Waals surface area contributed by atoms with Gasteiger partial charge in [0.05, 0.1) is 11.6 Å². The van der Waals surface area contributed by atoms with Gasteiger partial charge in [0.15, 0.2) is 5.82 Å². The largest absolute Gasteiger partial charge is 0.508 e. The first kappa shape index (κ1) is 26.4. The number of aromatic hydroxyl groups is 1. The van der Waals surface area contributed by atoms with Crippen molar-refractivity contribution in [3.05, 3.63) is 53.3 Å². The normalized spacial score (nSPS) is 14.1. The van der Waals surface area contributed by atoms with Gasteiger partial charge in [-0.2, -0.15) is 9.97 Å². The Morgan fingerprint density at radius 2 is 1.79 bits per heavy atom. The van der Waals surface area contributed by atoms with Gasteiger partial charge in [0, 0.05) is 30.6 Å². The number of ether oxygens (including phenoxy) is 1. The lowest BCUT2D eigenvalue weighted by Gasteiger charge is -2.29. The van der Waals surface area contributed by atoms with Gasteiger partial charge in [-0.05, 0) is 73.3 Å². The molecule has 3 aromatic carbocycles. The quantitative estimate of drug-likeness (QED) is 0.231. The van der Waals surface area contributed by atoms with E-state index < -0.39 is 5.82 Å². The van der Waals surface area contributed by atoms with Gasteiger partial charge in [-0.25, -0.2) is 4.39 Å². The van der Waals surface area contributed by atoms with Gasteiger partial charge in [-0.1, -0.05) is 49.7 Å². The summed E-state index contributed by atoms with van der Waals surface area (Å²) in [4.78, 5) is 13.8. The molecule has 2 heterocycles. The summed E-state index contributed by atoms with van der Waals surface area (Å²) in [7, 11) is 0. The van der Waals surface area contributed by atoms with Gasteiger partial charge in [0.25, 0.3) is 0 Å². The minimum Gasteiger partial charge on any atom is -0.508 e. The number of anilines is 1. The van der Waals surface area contributed by atoms with E-state index in [1.165, 1.54) is 0 Å². The van der Waals surface area contributed by atoms with Gasteiger partial charge in [0.1, 0.15) is 17.1 Å². The van der Waals surface area contributed by atoms with E-state index in [0.717, 1.165) is 69.2 Å². The number of aromatic nitrogens is 2. The molecule has 200 valence electrons. The number of nitrogens with zero attached hydrogens (tertiary/aromatic N) is 4. The second-order valence-corrected chi connectivity index (χ2v) is 10.2. The molecule has 8 heteroatoms. The zero-order valence-corrected chi connectivity index (χ0v) is 22.8. The molecule has 0 spiro atoms. The number of phenolic OH excluding ortho intramolecular Hbond substituents is 1. The first-order chi connectivity index (χ1) is 18.5. The number of phenols is 1. The molecule has 0 radical (unpaired) electrons. The molecule has 1 saturated heterocycles. The maximum Gasteiger partial charge on any atom is 0.319 e. The molecule has 1 N–H and O–H groups in total. The average molecular weight is 537 g/mol. The van der Waals surface area contributed by atoms with Crippen molar-refractivity contribution < 1.29 is 14.2 Å². The Hall–Kier alpha value is -3.16. The molecular weight excluding hydrogens is 503 g/mol. The Kier molecular flexibility index (Phi) is 8.15. The molecule has 1 aliphatic heterocycles. The smallest absolute Gasteiger partial charge is 0.319 e. The first-order valence-corrected chi connectivity index (χ1v) is 13.9. The summed E-state index contributed by atoms with van der Waals surface area (Å²) >= 11 is 6.77. The third kappa shape index (κ3) is 5.36. The number of hydrogen-bond donors (Lipinski definition) is 1.